The number of benzene rings is 2. The van der Waals surface area contributed by atoms with Gasteiger partial charge in [-0.25, -0.2) is 13.6 Å². The highest BCUT2D eigenvalue weighted by atomic mass is 19.1. The third-order valence-corrected chi connectivity index (χ3v) is 5.86. The van der Waals surface area contributed by atoms with Crippen molar-refractivity contribution in [3.8, 4) is 0 Å². The van der Waals surface area contributed by atoms with Crippen molar-refractivity contribution < 1.29 is 23.1 Å². The van der Waals surface area contributed by atoms with Gasteiger partial charge < -0.3 is 10.1 Å². The van der Waals surface area contributed by atoms with E-state index in [0.717, 1.165) is 11.1 Å². The first-order chi connectivity index (χ1) is 16.9. The molecule has 1 N–H and O–H groups in total. The molecule has 2 amide bonds. The fourth-order valence-electron chi connectivity index (χ4n) is 4.17. The van der Waals surface area contributed by atoms with Crippen molar-refractivity contribution >= 4 is 12.0 Å². The first-order valence-corrected chi connectivity index (χ1v) is 12.7. The van der Waals surface area contributed by atoms with Gasteiger partial charge in [-0.1, -0.05) is 38.1 Å². The van der Waals surface area contributed by atoms with Crippen molar-refractivity contribution in [2.45, 2.75) is 78.4 Å². The van der Waals surface area contributed by atoms with Crippen LogP contribution in [-0.4, -0.2) is 41.6 Å². The molecule has 0 aliphatic rings. The van der Waals surface area contributed by atoms with Gasteiger partial charge in [0.1, 0.15) is 23.3 Å². The molecule has 0 aliphatic heterocycles. The largest absolute Gasteiger partial charge is 0.444 e. The van der Waals surface area contributed by atoms with Crippen LogP contribution in [0.2, 0.25) is 0 Å². The molecule has 0 aromatic heterocycles. The van der Waals surface area contributed by atoms with Crippen molar-refractivity contribution in [3.05, 3.63) is 71.3 Å². The van der Waals surface area contributed by atoms with Crippen LogP contribution in [0.15, 0.2) is 48.5 Å². The Bertz CT molecular complexity index is 924. The summed E-state index contributed by atoms with van der Waals surface area (Å²) in [5.41, 5.74) is 1.20. The van der Waals surface area contributed by atoms with Gasteiger partial charge in [0.05, 0.1) is 0 Å². The number of carbonyl (C=O) groups excluding carboxylic acids is 2. The number of hydrogen-bond acceptors (Lipinski definition) is 3. The Kier molecular flexibility index (Phi) is 10.9. The highest BCUT2D eigenvalue weighted by Gasteiger charge is 2.32. The molecule has 0 fully saturated rings. The van der Waals surface area contributed by atoms with Gasteiger partial charge in [0, 0.05) is 19.0 Å². The van der Waals surface area contributed by atoms with Gasteiger partial charge >= 0.3 is 6.09 Å². The lowest BCUT2D eigenvalue weighted by Gasteiger charge is -2.33. The first kappa shape index (κ1) is 29.3. The van der Waals surface area contributed by atoms with Gasteiger partial charge in [0.15, 0.2) is 0 Å². The standard InChI is InChI=1S/C29H40F2N2O3/c1-7-33(28(35)36-29(4,5)6)26(19-20(2)3)27(34)32-18-8-9-25(21-10-14-23(30)15-11-21)22-12-16-24(31)17-13-22/h10-17,20,25-26H,7-9,18-19H2,1-6H3,(H,32,34). The highest BCUT2D eigenvalue weighted by molar-refractivity contribution is 5.85. The Balaban J connectivity index is 2.08. The summed E-state index contributed by atoms with van der Waals surface area (Å²) < 4.78 is 32.5. The van der Waals surface area contributed by atoms with Gasteiger partial charge in [-0.2, -0.15) is 0 Å². The van der Waals surface area contributed by atoms with Crippen molar-refractivity contribution in [2.75, 3.05) is 13.1 Å². The van der Waals surface area contributed by atoms with Crippen LogP contribution in [0, 0.1) is 17.6 Å². The van der Waals surface area contributed by atoms with E-state index in [1.165, 1.54) is 29.2 Å². The predicted molar refractivity (Wildman–Crippen MR) is 139 cm³/mol. The molecule has 2 aromatic carbocycles. The summed E-state index contributed by atoms with van der Waals surface area (Å²) in [4.78, 5) is 27.4. The summed E-state index contributed by atoms with van der Waals surface area (Å²) >= 11 is 0. The van der Waals surface area contributed by atoms with Crippen LogP contribution in [0.4, 0.5) is 13.6 Å². The van der Waals surface area contributed by atoms with E-state index in [4.69, 9.17) is 4.74 Å². The fraction of sp³-hybridized carbons (Fsp3) is 0.517. The Morgan fingerprint density at radius 2 is 1.44 bits per heavy atom. The van der Waals surface area contributed by atoms with Crippen LogP contribution in [0.1, 0.15) is 77.8 Å². The van der Waals surface area contributed by atoms with E-state index in [-0.39, 0.29) is 29.4 Å². The van der Waals surface area contributed by atoms with Crippen LogP contribution >= 0.6 is 0 Å². The number of rotatable bonds is 11. The molecule has 0 saturated carbocycles. The molecule has 7 heteroatoms. The number of ether oxygens (including phenoxy) is 1. The lowest BCUT2D eigenvalue weighted by atomic mass is 9.87. The van der Waals surface area contributed by atoms with Crippen LogP contribution in [-0.2, 0) is 9.53 Å². The normalized spacial score (nSPS) is 12.5. The molecule has 0 heterocycles. The van der Waals surface area contributed by atoms with E-state index >= 15 is 0 Å². The highest BCUT2D eigenvalue weighted by Crippen LogP contribution is 2.29. The maximum atomic E-state index is 13.5. The zero-order valence-electron chi connectivity index (χ0n) is 22.3. The van der Waals surface area contributed by atoms with E-state index in [1.807, 2.05) is 20.8 Å². The second kappa shape index (κ2) is 13.4. The lowest BCUT2D eigenvalue weighted by Crippen LogP contribution is -2.51. The van der Waals surface area contributed by atoms with Crippen molar-refractivity contribution in [1.29, 1.82) is 0 Å². The van der Waals surface area contributed by atoms with Crippen molar-refractivity contribution in [2.24, 2.45) is 5.92 Å². The molecule has 2 rings (SSSR count). The molecule has 198 valence electrons. The molecule has 0 radical (unpaired) electrons. The van der Waals surface area contributed by atoms with E-state index in [2.05, 4.69) is 5.32 Å². The zero-order valence-corrected chi connectivity index (χ0v) is 22.3. The van der Waals surface area contributed by atoms with E-state index in [1.54, 1.807) is 45.0 Å². The van der Waals surface area contributed by atoms with Crippen LogP contribution in [0.5, 0.6) is 0 Å². The Morgan fingerprint density at radius 1 is 0.944 bits per heavy atom. The van der Waals surface area contributed by atoms with Crippen molar-refractivity contribution in [3.63, 3.8) is 0 Å². The third-order valence-electron chi connectivity index (χ3n) is 5.86. The molecule has 0 saturated heterocycles. The summed E-state index contributed by atoms with van der Waals surface area (Å²) in [6.07, 6.45) is 1.35. The molecule has 0 spiro atoms. The third kappa shape index (κ3) is 9.25. The van der Waals surface area contributed by atoms with Crippen LogP contribution in [0.3, 0.4) is 0 Å². The van der Waals surface area contributed by atoms with Gasteiger partial charge in [0.2, 0.25) is 5.91 Å². The number of nitrogens with zero attached hydrogens (tertiary/aromatic N) is 1. The second-order valence-electron chi connectivity index (χ2n) is 10.5. The molecule has 36 heavy (non-hydrogen) atoms. The topological polar surface area (TPSA) is 58.6 Å². The van der Waals surface area contributed by atoms with Gasteiger partial charge in [-0.05, 0) is 88.3 Å². The minimum atomic E-state index is -0.654. The predicted octanol–water partition coefficient (Wildman–Crippen LogP) is 6.66. The maximum Gasteiger partial charge on any atom is 0.410 e. The number of likely N-dealkylation sites (N-methyl/N-ethyl adjacent to an activating group) is 1. The molecule has 0 bridgehead atoms. The van der Waals surface area contributed by atoms with E-state index < -0.39 is 17.7 Å². The maximum absolute atomic E-state index is 13.5. The average molecular weight is 503 g/mol. The Morgan fingerprint density at radius 3 is 1.86 bits per heavy atom. The van der Waals surface area contributed by atoms with Gasteiger partial charge in [0.25, 0.3) is 0 Å². The second-order valence-corrected chi connectivity index (χ2v) is 10.5. The molecule has 2 aromatic rings. The number of carbonyl (C=O) groups is 2. The summed E-state index contributed by atoms with van der Waals surface area (Å²) in [5, 5.41) is 2.99. The summed E-state index contributed by atoms with van der Waals surface area (Å²) in [6.45, 7) is 12.0. The number of hydrogen-bond donors (Lipinski definition) is 1. The van der Waals surface area contributed by atoms with Crippen LogP contribution < -0.4 is 5.32 Å². The first-order valence-electron chi connectivity index (χ1n) is 12.7. The van der Waals surface area contributed by atoms with Gasteiger partial charge in [-0.15, -0.1) is 0 Å². The SMILES string of the molecule is CCN(C(=O)OC(C)(C)C)C(CC(C)C)C(=O)NCCCC(c1ccc(F)cc1)c1ccc(F)cc1. The number of amides is 2. The number of halogens is 2. The molecular formula is C29H40F2N2O3. The number of nitrogens with one attached hydrogen (secondary N) is 1. The Labute approximate surface area is 214 Å². The summed E-state index contributed by atoms with van der Waals surface area (Å²) in [5.74, 6) is -0.699. The fourth-order valence-corrected chi connectivity index (χ4v) is 4.17. The monoisotopic (exact) mass is 502 g/mol. The van der Waals surface area contributed by atoms with Crippen molar-refractivity contribution in [1.82, 2.24) is 10.2 Å². The quantitative estimate of drug-likeness (QED) is 0.349. The smallest absolute Gasteiger partial charge is 0.410 e. The minimum absolute atomic E-state index is 0.0662. The van der Waals surface area contributed by atoms with E-state index in [0.29, 0.717) is 32.4 Å². The average Bonchev–Trinajstić information content (AvgIpc) is 2.79. The zero-order chi connectivity index (χ0) is 26.9. The molecular weight excluding hydrogens is 462 g/mol. The van der Waals surface area contributed by atoms with E-state index in [9.17, 15) is 18.4 Å². The molecule has 0 aliphatic carbocycles. The van der Waals surface area contributed by atoms with Crippen LogP contribution in [0.25, 0.3) is 0 Å². The molecule has 1 atom stereocenters. The molecule has 5 nitrogen and oxygen atoms in total. The minimum Gasteiger partial charge on any atom is -0.444 e. The summed E-state index contributed by atoms with van der Waals surface area (Å²) in [6, 6.07) is 12.0. The summed E-state index contributed by atoms with van der Waals surface area (Å²) in [7, 11) is 0. The molecule has 1 unspecified atom stereocenters. The Hall–Kier alpha value is -2.96. The van der Waals surface area contributed by atoms with Gasteiger partial charge in [-0.3, -0.25) is 9.69 Å². The lowest BCUT2D eigenvalue weighted by molar-refractivity contribution is -0.127.